The SMILES string of the molecule is FC(F)(F)c1cc(-n2c(-c3ccccc3)nc3ccccc32)ncc1-n1c(-c2ccccc2)nc2ccccc21. The van der Waals surface area contributed by atoms with Crippen molar-refractivity contribution in [3.8, 4) is 34.3 Å². The molecule has 194 valence electrons. The van der Waals surface area contributed by atoms with Crippen LogP contribution in [0.25, 0.3) is 56.3 Å². The summed E-state index contributed by atoms with van der Waals surface area (Å²) in [5.41, 5.74) is 3.00. The highest BCUT2D eigenvalue weighted by molar-refractivity contribution is 5.85. The Morgan fingerprint density at radius 2 is 1.02 bits per heavy atom. The minimum Gasteiger partial charge on any atom is -0.290 e. The molecule has 0 radical (unpaired) electrons. The molecule has 3 heterocycles. The molecule has 3 aromatic heterocycles. The Labute approximate surface area is 226 Å². The van der Waals surface area contributed by atoms with E-state index in [1.54, 1.807) is 22.8 Å². The maximum atomic E-state index is 14.8. The molecule has 0 unspecified atom stereocenters. The van der Waals surface area contributed by atoms with Gasteiger partial charge in [0.2, 0.25) is 0 Å². The number of hydrogen-bond acceptors (Lipinski definition) is 3. The number of halogens is 3. The molecule has 0 aliphatic rings. The van der Waals surface area contributed by atoms with Gasteiger partial charge < -0.3 is 0 Å². The smallest absolute Gasteiger partial charge is 0.290 e. The van der Waals surface area contributed by atoms with E-state index in [4.69, 9.17) is 9.97 Å². The minimum absolute atomic E-state index is 0.102. The fourth-order valence-electron chi connectivity index (χ4n) is 5.05. The fourth-order valence-corrected chi connectivity index (χ4v) is 5.05. The lowest BCUT2D eigenvalue weighted by Gasteiger charge is -2.18. The van der Waals surface area contributed by atoms with Crippen molar-refractivity contribution in [2.24, 2.45) is 0 Å². The molecule has 4 aromatic carbocycles. The monoisotopic (exact) mass is 531 g/mol. The van der Waals surface area contributed by atoms with Gasteiger partial charge in [-0.05, 0) is 30.3 Å². The van der Waals surface area contributed by atoms with E-state index in [2.05, 4.69) is 4.98 Å². The molecule has 0 atom stereocenters. The standard InChI is InChI=1S/C32H20F3N5/c33-32(34,35)23-19-29(40-27-18-10-8-16-25(27)38-31(40)22-13-5-2-6-14-22)36-20-28(23)39-26-17-9-7-15-24(26)37-30(39)21-11-3-1-4-12-21/h1-20H. The van der Waals surface area contributed by atoms with Crippen molar-refractivity contribution in [2.75, 3.05) is 0 Å². The highest BCUT2D eigenvalue weighted by atomic mass is 19.4. The Hall–Kier alpha value is -5.24. The van der Waals surface area contributed by atoms with E-state index in [0.29, 0.717) is 39.3 Å². The number of aromatic nitrogens is 5. The average molecular weight is 532 g/mol. The third-order valence-electron chi connectivity index (χ3n) is 6.83. The van der Waals surface area contributed by atoms with Gasteiger partial charge in [0.15, 0.2) is 0 Å². The third kappa shape index (κ3) is 3.92. The van der Waals surface area contributed by atoms with Crippen LogP contribution in [0.5, 0.6) is 0 Å². The molecule has 0 saturated heterocycles. The van der Waals surface area contributed by atoms with Crippen molar-refractivity contribution in [2.45, 2.75) is 6.18 Å². The Bertz CT molecular complexity index is 1990. The van der Waals surface area contributed by atoms with Crippen LogP contribution in [-0.2, 0) is 6.18 Å². The lowest BCUT2D eigenvalue weighted by molar-refractivity contribution is -0.137. The molecular weight excluding hydrogens is 511 g/mol. The largest absolute Gasteiger partial charge is 0.418 e. The summed E-state index contributed by atoms with van der Waals surface area (Å²) in [4.78, 5) is 14.1. The van der Waals surface area contributed by atoms with Gasteiger partial charge in [0.1, 0.15) is 17.5 Å². The van der Waals surface area contributed by atoms with E-state index in [-0.39, 0.29) is 11.5 Å². The number of benzene rings is 4. The van der Waals surface area contributed by atoms with Crippen LogP contribution in [0.2, 0.25) is 0 Å². The lowest BCUT2D eigenvalue weighted by Crippen LogP contribution is -2.14. The summed E-state index contributed by atoms with van der Waals surface area (Å²) >= 11 is 0. The second-order valence-electron chi connectivity index (χ2n) is 9.31. The Morgan fingerprint density at radius 3 is 1.57 bits per heavy atom. The molecule has 8 heteroatoms. The predicted octanol–water partition coefficient (Wildman–Crippen LogP) is 8.11. The number of fused-ring (bicyclic) bond motifs is 2. The van der Waals surface area contributed by atoms with E-state index >= 15 is 0 Å². The number of pyridine rings is 1. The molecule has 0 spiro atoms. The van der Waals surface area contributed by atoms with Crippen LogP contribution in [0.4, 0.5) is 13.2 Å². The lowest BCUT2D eigenvalue weighted by atomic mass is 10.1. The maximum absolute atomic E-state index is 14.8. The van der Waals surface area contributed by atoms with Gasteiger partial charge in [0.25, 0.3) is 0 Å². The molecule has 0 bridgehead atoms. The van der Waals surface area contributed by atoms with E-state index < -0.39 is 11.7 Å². The highest BCUT2D eigenvalue weighted by Crippen LogP contribution is 2.39. The van der Waals surface area contributed by atoms with Gasteiger partial charge in [-0.2, -0.15) is 13.2 Å². The summed E-state index contributed by atoms with van der Waals surface area (Å²) in [6.07, 6.45) is -3.39. The van der Waals surface area contributed by atoms with Crippen LogP contribution in [0.1, 0.15) is 5.56 Å². The van der Waals surface area contributed by atoms with Gasteiger partial charge in [-0.3, -0.25) is 9.13 Å². The van der Waals surface area contributed by atoms with Gasteiger partial charge in [-0.15, -0.1) is 0 Å². The molecule has 40 heavy (non-hydrogen) atoms. The molecule has 7 aromatic rings. The van der Waals surface area contributed by atoms with Crippen LogP contribution >= 0.6 is 0 Å². The van der Waals surface area contributed by atoms with Crippen molar-refractivity contribution in [3.63, 3.8) is 0 Å². The van der Waals surface area contributed by atoms with Crippen molar-refractivity contribution in [1.29, 1.82) is 0 Å². The molecule has 0 N–H and O–H groups in total. The summed E-state index contributed by atoms with van der Waals surface area (Å²) in [5.74, 6) is 1.03. The summed E-state index contributed by atoms with van der Waals surface area (Å²) < 4.78 is 47.8. The Balaban J connectivity index is 1.51. The van der Waals surface area contributed by atoms with E-state index in [9.17, 15) is 13.2 Å². The first-order valence-electron chi connectivity index (χ1n) is 12.6. The first-order chi connectivity index (χ1) is 19.5. The van der Waals surface area contributed by atoms with E-state index in [0.717, 1.165) is 11.6 Å². The Kier molecular flexibility index (Phi) is 5.48. The topological polar surface area (TPSA) is 48.5 Å². The first kappa shape index (κ1) is 23.8. The third-order valence-corrected chi connectivity index (χ3v) is 6.83. The number of para-hydroxylation sites is 4. The van der Waals surface area contributed by atoms with Crippen LogP contribution in [-0.4, -0.2) is 24.1 Å². The zero-order valence-electron chi connectivity index (χ0n) is 20.9. The van der Waals surface area contributed by atoms with Crippen molar-refractivity contribution >= 4 is 22.1 Å². The van der Waals surface area contributed by atoms with Crippen LogP contribution in [0.3, 0.4) is 0 Å². The molecule has 0 amide bonds. The van der Waals surface area contributed by atoms with Gasteiger partial charge in [-0.25, -0.2) is 15.0 Å². The quantitative estimate of drug-likeness (QED) is 0.231. The molecule has 0 saturated carbocycles. The van der Waals surface area contributed by atoms with E-state index in [1.165, 1.54) is 10.8 Å². The second-order valence-corrected chi connectivity index (χ2v) is 9.31. The molecule has 0 fully saturated rings. The number of hydrogen-bond donors (Lipinski definition) is 0. The summed E-state index contributed by atoms with van der Waals surface area (Å²) in [5, 5.41) is 0. The predicted molar refractivity (Wildman–Crippen MR) is 149 cm³/mol. The van der Waals surface area contributed by atoms with Crippen molar-refractivity contribution < 1.29 is 13.2 Å². The van der Waals surface area contributed by atoms with E-state index in [1.807, 2.05) is 91.0 Å². The normalized spacial score (nSPS) is 11.9. The molecule has 0 aliphatic carbocycles. The zero-order chi connectivity index (χ0) is 27.3. The van der Waals surface area contributed by atoms with Crippen LogP contribution in [0, 0.1) is 0 Å². The van der Waals surface area contributed by atoms with Crippen molar-refractivity contribution in [1.82, 2.24) is 24.1 Å². The summed E-state index contributed by atoms with van der Waals surface area (Å²) in [6.45, 7) is 0. The number of imidazole rings is 2. The Morgan fingerprint density at radius 1 is 0.550 bits per heavy atom. The zero-order valence-corrected chi connectivity index (χ0v) is 20.9. The fraction of sp³-hybridized carbons (Fsp3) is 0.0312. The minimum atomic E-state index is -4.67. The molecule has 7 rings (SSSR count). The number of alkyl halides is 3. The molecular formula is C32H20F3N5. The maximum Gasteiger partial charge on any atom is 0.418 e. The van der Waals surface area contributed by atoms with Gasteiger partial charge in [-0.1, -0.05) is 84.9 Å². The molecule has 5 nitrogen and oxygen atoms in total. The average Bonchev–Trinajstić information content (AvgIpc) is 3.57. The van der Waals surface area contributed by atoms with Gasteiger partial charge in [0, 0.05) is 11.1 Å². The first-order valence-corrected chi connectivity index (χ1v) is 12.6. The van der Waals surface area contributed by atoms with Gasteiger partial charge >= 0.3 is 6.18 Å². The summed E-state index contributed by atoms with van der Waals surface area (Å²) in [7, 11) is 0. The number of rotatable bonds is 4. The van der Waals surface area contributed by atoms with Crippen LogP contribution in [0.15, 0.2) is 121 Å². The van der Waals surface area contributed by atoms with Crippen LogP contribution < -0.4 is 0 Å². The number of nitrogens with zero attached hydrogens (tertiary/aromatic N) is 5. The van der Waals surface area contributed by atoms with Gasteiger partial charge in [0.05, 0.1) is 39.5 Å². The second kappa shape index (κ2) is 9.20. The van der Waals surface area contributed by atoms with Crippen molar-refractivity contribution in [3.05, 3.63) is 127 Å². The highest BCUT2D eigenvalue weighted by Gasteiger charge is 2.36. The molecule has 0 aliphatic heterocycles. The summed E-state index contributed by atoms with van der Waals surface area (Å²) in [6, 6.07) is 34.1.